The van der Waals surface area contributed by atoms with Gasteiger partial charge in [-0.2, -0.15) is 0 Å². The van der Waals surface area contributed by atoms with Crippen LogP contribution in [0.4, 0.5) is 0 Å². The number of carbonyl (C=O) groups is 2. The van der Waals surface area contributed by atoms with E-state index in [1.165, 1.54) is 12.1 Å². The highest BCUT2D eigenvalue weighted by Crippen LogP contribution is 2.23. The maximum absolute atomic E-state index is 11.8. The van der Waals surface area contributed by atoms with Crippen LogP contribution in [0.1, 0.15) is 24.2 Å². The average molecular weight is 330 g/mol. The van der Waals surface area contributed by atoms with Gasteiger partial charge < -0.3 is 14.7 Å². The number of likely N-dealkylation sites (N-methyl/N-ethyl adjacent to an activating group) is 1. The second-order valence-electron chi connectivity index (χ2n) is 3.80. The summed E-state index contributed by atoms with van der Waals surface area (Å²) in [6.07, 6.45) is 0. The predicted molar refractivity (Wildman–Crippen MR) is 74.5 cm³/mol. The number of carbonyl (C=O) groups excluding carboxylic acids is 1. The summed E-state index contributed by atoms with van der Waals surface area (Å²) in [6, 6.07) is 4.65. The lowest BCUT2D eigenvalue weighted by Crippen LogP contribution is -2.34. The van der Waals surface area contributed by atoms with Crippen LogP contribution in [0.5, 0.6) is 5.75 Å². The number of amides is 1. The lowest BCUT2D eigenvalue weighted by atomic mass is 10.2. The van der Waals surface area contributed by atoms with E-state index in [4.69, 9.17) is 9.84 Å². The zero-order valence-electron chi connectivity index (χ0n) is 10.9. The molecule has 104 valence electrons. The van der Waals surface area contributed by atoms with Crippen molar-refractivity contribution < 1.29 is 19.4 Å². The lowest BCUT2D eigenvalue weighted by molar-refractivity contribution is -0.132. The van der Waals surface area contributed by atoms with Crippen molar-refractivity contribution in [3.63, 3.8) is 0 Å². The van der Waals surface area contributed by atoms with Crippen molar-refractivity contribution in [3.05, 3.63) is 28.2 Å². The molecule has 0 aliphatic rings. The average Bonchev–Trinajstić information content (AvgIpc) is 2.38. The van der Waals surface area contributed by atoms with E-state index < -0.39 is 5.97 Å². The molecule has 6 heteroatoms. The Balaban J connectivity index is 2.78. The van der Waals surface area contributed by atoms with E-state index >= 15 is 0 Å². The van der Waals surface area contributed by atoms with Crippen molar-refractivity contribution >= 4 is 27.8 Å². The molecule has 1 aromatic rings. The van der Waals surface area contributed by atoms with Gasteiger partial charge in [0.15, 0.2) is 6.61 Å². The number of carboxylic acids is 1. The summed E-state index contributed by atoms with van der Waals surface area (Å²) in [5.41, 5.74) is 0.0294. The van der Waals surface area contributed by atoms with Gasteiger partial charge in [0, 0.05) is 17.6 Å². The second-order valence-corrected chi connectivity index (χ2v) is 4.72. The number of carboxylic acid groups (broad SMARTS) is 1. The summed E-state index contributed by atoms with van der Waals surface area (Å²) < 4.78 is 5.95. The predicted octanol–water partition coefficient (Wildman–Crippen LogP) is 2.39. The summed E-state index contributed by atoms with van der Waals surface area (Å²) in [4.78, 5) is 24.5. The van der Waals surface area contributed by atoms with Crippen molar-refractivity contribution in [1.82, 2.24) is 4.90 Å². The Hall–Kier alpha value is -1.56. The largest absolute Gasteiger partial charge is 0.483 e. The molecular weight excluding hydrogens is 314 g/mol. The third-order valence-corrected chi connectivity index (χ3v) is 3.13. The zero-order valence-corrected chi connectivity index (χ0v) is 12.4. The van der Waals surface area contributed by atoms with E-state index in [0.29, 0.717) is 17.6 Å². The van der Waals surface area contributed by atoms with E-state index in [9.17, 15) is 9.59 Å². The van der Waals surface area contributed by atoms with E-state index in [1.54, 1.807) is 11.0 Å². The number of ether oxygens (including phenoxy) is 1. The van der Waals surface area contributed by atoms with Crippen LogP contribution in [0, 0.1) is 0 Å². The molecule has 0 fully saturated rings. The molecule has 1 amide bonds. The van der Waals surface area contributed by atoms with E-state index in [0.717, 1.165) is 0 Å². The van der Waals surface area contributed by atoms with Crippen LogP contribution in [-0.4, -0.2) is 41.6 Å². The van der Waals surface area contributed by atoms with E-state index in [-0.39, 0.29) is 23.8 Å². The van der Waals surface area contributed by atoms with Crippen LogP contribution in [0.25, 0.3) is 0 Å². The number of aromatic carboxylic acids is 1. The molecule has 19 heavy (non-hydrogen) atoms. The summed E-state index contributed by atoms with van der Waals surface area (Å²) in [6.45, 7) is 4.80. The summed E-state index contributed by atoms with van der Waals surface area (Å²) in [7, 11) is 0. The number of benzene rings is 1. The molecule has 0 radical (unpaired) electrons. The molecule has 0 unspecified atom stereocenters. The Kier molecular flexibility index (Phi) is 5.82. The van der Waals surface area contributed by atoms with Gasteiger partial charge in [-0.05, 0) is 32.0 Å². The summed E-state index contributed by atoms with van der Waals surface area (Å²) in [5, 5.41) is 9.06. The molecule has 0 aliphatic carbocycles. The Morgan fingerprint density at radius 1 is 1.32 bits per heavy atom. The molecule has 1 rings (SSSR count). The van der Waals surface area contributed by atoms with Gasteiger partial charge >= 0.3 is 5.97 Å². The zero-order chi connectivity index (χ0) is 14.4. The van der Waals surface area contributed by atoms with Crippen LogP contribution in [-0.2, 0) is 4.79 Å². The second kappa shape index (κ2) is 7.13. The number of hydrogen-bond donors (Lipinski definition) is 1. The first-order valence-electron chi connectivity index (χ1n) is 5.93. The maximum atomic E-state index is 11.8. The van der Waals surface area contributed by atoms with Gasteiger partial charge in [-0.25, -0.2) is 4.79 Å². The van der Waals surface area contributed by atoms with Gasteiger partial charge in [-0.15, -0.1) is 0 Å². The minimum absolute atomic E-state index is 0.0294. The highest BCUT2D eigenvalue weighted by molar-refractivity contribution is 9.10. The molecule has 0 spiro atoms. The monoisotopic (exact) mass is 329 g/mol. The lowest BCUT2D eigenvalue weighted by Gasteiger charge is -2.19. The van der Waals surface area contributed by atoms with Crippen LogP contribution >= 0.6 is 15.9 Å². The third kappa shape index (κ3) is 4.24. The van der Waals surface area contributed by atoms with Gasteiger partial charge in [-0.3, -0.25) is 4.79 Å². The summed E-state index contributed by atoms with van der Waals surface area (Å²) in [5.74, 6) is -1.06. The molecule has 0 atom stereocenters. The van der Waals surface area contributed by atoms with Crippen molar-refractivity contribution in [1.29, 1.82) is 0 Å². The molecule has 5 nitrogen and oxygen atoms in total. The van der Waals surface area contributed by atoms with Gasteiger partial charge in [0.25, 0.3) is 5.91 Å². The van der Waals surface area contributed by atoms with Crippen molar-refractivity contribution in [2.75, 3.05) is 19.7 Å². The number of rotatable bonds is 6. The van der Waals surface area contributed by atoms with Crippen LogP contribution in [0.2, 0.25) is 0 Å². The maximum Gasteiger partial charge on any atom is 0.339 e. The molecule has 0 bridgehead atoms. The van der Waals surface area contributed by atoms with E-state index in [2.05, 4.69) is 15.9 Å². The highest BCUT2D eigenvalue weighted by Gasteiger charge is 2.15. The van der Waals surface area contributed by atoms with E-state index in [1.807, 2.05) is 13.8 Å². The van der Waals surface area contributed by atoms with Crippen molar-refractivity contribution in [2.24, 2.45) is 0 Å². The van der Waals surface area contributed by atoms with Gasteiger partial charge in [0.05, 0.1) is 0 Å². The standard InChI is InChI=1S/C13H16BrNO4/c1-3-15(4-2)12(16)8-19-11-6-5-9(14)7-10(11)13(17)18/h5-7H,3-4,8H2,1-2H3,(H,17,18). The van der Waals surface area contributed by atoms with Crippen molar-refractivity contribution in [3.8, 4) is 5.75 Å². The normalized spacial score (nSPS) is 10.1. The number of hydrogen-bond acceptors (Lipinski definition) is 3. The van der Waals surface area contributed by atoms with Gasteiger partial charge in [0.2, 0.25) is 0 Å². The summed E-state index contributed by atoms with van der Waals surface area (Å²) >= 11 is 3.20. The molecule has 0 aromatic heterocycles. The first kappa shape index (κ1) is 15.5. The van der Waals surface area contributed by atoms with Crippen LogP contribution in [0.3, 0.4) is 0 Å². The Bertz CT molecular complexity index is 472. The molecule has 0 saturated heterocycles. The van der Waals surface area contributed by atoms with Gasteiger partial charge in [0.1, 0.15) is 11.3 Å². The number of nitrogens with zero attached hydrogens (tertiary/aromatic N) is 1. The quantitative estimate of drug-likeness (QED) is 0.870. The molecular formula is C13H16BrNO4. The Morgan fingerprint density at radius 2 is 1.95 bits per heavy atom. The molecule has 1 aromatic carbocycles. The SMILES string of the molecule is CCN(CC)C(=O)COc1ccc(Br)cc1C(=O)O. The minimum Gasteiger partial charge on any atom is -0.483 e. The van der Waals surface area contributed by atoms with Gasteiger partial charge in [-0.1, -0.05) is 15.9 Å². The van der Waals surface area contributed by atoms with Crippen LogP contribution < -0.4 is 4.74 Å². The molecule has 0 heterocycles. The highest BCUT2D eigenvalue weighted by atomic mass is 79.9. The van der Waals surface area contributed by atoms with Crippen LogP contribution in [0.15, 0.2) is 22.7 Å². The Labute approximate surface area is 120 Å². The molecule has 1 N–H and O–H groups in total. The smallest absolute Gasteiger partial charge is 0.339 e. The minimum atomic E-state index is -1.09. The first-order chi connectivity index (χ1) is 8.99. The fraction of sp³-hybridized carbons (Fsp3) is 0.385. The Morgan fingerprint density at radius 3 is 2.47 bits per heavy atom. The third-order valence-electron chi connectivity index (χ3n) is 2.64. The molecule has 0 saturated carbocycles. The fourth-order valence-corrected chi connectivity index (χ4v) is 1.96. The first-order valence-corrected chi connectivity index (χ1v) is 6.72. The fourth-order valence-electron chi connectivity index (χ4n) is 1.60. The topological polar surface area (TPSA) is 66.8 Å². The molecule has 0 aliphatic heterocycles. The van der Waals surface area contributed by atoms with Crippen molar-refractivity contribution in [2.45, 2.75) is 13.8 Å². The number of halogens is 1.